The van der Waals surface area contributed by atoms with Gasteiger partial charge in [-0.15, -0.1) is 12.4 Å². The molecule has 1 rings (SSSR count). The number of rotatable bonds is 6. The van der Waals surface area contributed by atoms with Crippen molar-refractivity contribution < 1.29 is 14.3 Å². The molecule has 0 saturated heterocycles. The van der Waals surface area contributed by atoms with Crippen molar-refractivity contribution in [2.24, 2.45) is 0 Å². The number of carbonyl (C=O) groups is 2. The van der Waals surface area contributed by atoms with Crippen molar-refractivity contribution in [1.82, 2.24) is 10.6 Å². The molecule has 6 heteroatoms. The van der Waals surface area contributed by atoms with Gasteiger partial charge in [0.05, 0.1) is 7.11 Å². The molecular formula is C14H27ClN2O3. The Morgan fingerprint density at radius 3 is 2.25 bits per heavy atom. The van der Waals surface area contributed by atoms with E-state index in [1.165, 1.54) is 7.11 Å². The normalized spacial score (nSPS) is 17.5. The highest BCUT2D eigenvalue weighted by Gasteiger charge is 2.40. The number of hydrogen-bond acceptors (Lipinski definition) is 4. The fourth-order valence-electron chi connectivity index (χ4n) is 2.66. The molecule has 118 valence electrons. The molecule has 2 N–H and O–H groups in total. The largest absolute Gasteiger partial charge is 0.467 e. The zero-order valence-corrected chi connectivity index (χ0v) is 13.3. The van der Waals surface area contributed by atoms with Crippen molar-refractivity contribution in [3.63, 3.8) is 0 Å². The van der Waals surface area contributed by atoms with E-state index < -0.39 is 5.54 Å². The molecule has 5 nitrogen and oxygen atoms in total. The summed E-state index contributed by atoms with van der Waals surface area (Å²) in [5.74, 6) is -0.348. The van der Waals surface area contributed by atoms with Crippen LogP contribution < -0.4 is 10.6 Å². The number of carbonyl (C=O) groups excluding carboxylic acids is 2. The van der Waals surface area contributed by atoms with E-state index in [4.69, 9.17) is 4.74 Å². The van der Waals surface area contributed by atoms with Crippen LogP contribution in [-0.2, 0) is 14.3 Å². The molecule has 0 heterocycles. The molecule has 0 aromatic carbocycles. The summed E-state index contributed by atoms with van der Waals surface area (Å²) in [5.41, 5.74) is -0.790. The minimum absolute atomic E-state index is 0. The lowest BCUT2D eigenvalue weighted by atomic mass is 9.90. The van der Waals surface area contributed by atoms with Gasteiger partial charge in [-0.25, -0.2) is 4.79 Å². The Bertz CT molecular complexity index is 303. The first kappa shape index (κ1) is 19.2. The number of hydrogen-bond donors (Lipinski definition) is 2. The van der Waals surface area contributed by atoms with Crippen molar-refractivity contribution in [1.29, 1.82) is 0 Å². The fourth-order valence-corrected chi connectivity index (χ4v) is 2.66. The molecule has 1 amide bonds. The monoisotopic (exact) mass is 306 g/mol. The SMILES string of the molecule is CNCCCC(=O)NC1(C(=O)OC)CCCCCC1.Cl. The number of nitrogens with one attached hydrogen (secondary N) is 2. The molecule has 0 aliphatic heterocycles. The maximum Gasteiger partial charge on any atom is 0.331 e. The van der Waals surface area contributed by atoms with E-state index in [0.29, 0.717) is 19.3 Å². The average molecular weight is 307 g/mol. The van der Waals surface area contributed by atoms with E-state index in [9.17, 15) is 9.59 Å². The summed E-state index contributed by atoms with van der Waals surface area (Å²) in [7, 11) is 3.25. The van der Waals surface area contributed by atoms with Crippen LogP contribution in [0.5, 0.6) is 0 Å². The smallest absolute Gasteiger partial charge is 0.331 e. The zero-order chi connectivity index (χ0) is 14.1. The lowest BCUT2D eigenvalue weighted by molar-refractivity contribution is -0.151. The molecule has 0 unspecified atom stereocenters. The third-order valence-electron chi connectivity index (χ3n) is 3.74. The summed E-state index contributed by atoms with van der Waals surface area (Å²) in [6, 6.07) is 0. The molecule has 0 atom stereocenters. The van der Waals surface area contributed by atoms with Crippen LogP contribution in [-0.4, -0.2) is 38.1 Å². The Morgan fingerprint density at radius 2 is 1.75 bits per heavy atom. The Hall–Kier alpha value is -0.810. The summed E-state index contributed by atoms with van der Waals surface area (Å²) in [6.07, 6.45) is 6.77. The van der Waals surface area contributed by atoms with Gasteiger partial charge in [-0.05, 0) is 32.9 Å². The van der Waals surface area contributed by atoms with Gasteiger partial charge in [0, 0.05) is 6.42 Å². The first-order chi connectivity index (χ1) is 9.14. The minimum Gasteiger partial charge on any atom is -0.467 e. The van der Waals surface area contributed by atoms with Crippen LogP contribution in [0.15, 0.2) is 0 Å². The highest BCUT2D eigenvalue weighted by atomic mass is 35.5. The number of esters is 1. The molecule has 1 saturated carbocycles. The highest BCUT2D eigenvalue weighted by Crippen LogP contribution is 2.28. The molecule has 1 aliphatic rings. The second kappa shape index (κ2) is 10.00. The second-order valence-electron chi connectivity index (χ2n) is 5.24. The van der Waals surface area contributed by atoms with Crippen molar-refractivity contribution in [2.45, 2.75) is 56.9 Å². The van der Waals surface area contributed by atoms with Crippen LogP contribution in [0.4, 0.5) is 0 Å². The summed E-state index contributed by atoms with van der Waals surface area (Å²) in [4.78, 5) is 24.0. The first-order valence-electron chi connectivity index (χ1n) is 7.18. The predicted molar refractivity (Wildman–Crippen MR) is 81.0 cm³/mol. The van der Waals surface area contributed by atoms with Gasteiger partial charge in [0.2, 0.25) is 5.91 Å². The maximum atomic E-state index is 12.1. The van der Waals surface area contributed by atoms with Crippen molar-refractivity contribution in [2.75, 3.05) is 20.7 Å². The predicted octanol–water partition coefficient (Wildman–Crippen LogP) is 1.79. The van der Waals surface area contributed by atoms with Crippen LogP contribution in [0, 0.1) is 0 Å². The van der Waals surface area contributed by atoms with Gasteiger partial charge in [0.1, 0.15) is 5.54 Å². The van der Waals surface area contributed by atoms with Crippen LogP contribution in [0.25, 0.3) is 0 Å². The van der Waals surface area contributed by atoms with Gasteiger partial charge in [-0.1, -0.05) is 25.7 Å². The minimum atomic E-state index is -0.790. The molecule has 0 aromatic rings. The fraction of sp³-hybridized carbons (Fsp3) is 0.857. The standard InChI is InChI=1S/C14H26N2O3.ClH/c1-15-11-7-8-12(17)16-14(13(18)19-2)9-5-3-4-6-10-14;/h15H,3-11H2,1-2H3,(H,16,17);1H. The van der Waals surface area contributed by atoms with Crippen LogP contribution >= 0.6 is 12.4 Å². The summed E-state index contributed by atoms with van der Waals surface area (Å²) in [5, 5.41) is 5.95. The highest BCUT2D eigenvalue weighted by molar-refractivity contribution is 5.88. The zero-order valence-electron chi connectivity index (χ0n) is 12.5. The Morgan fingerprint density at radius 1 is 1.15 bits per heavy atom. The summed E-state index contributed by atoms with van der Waals surface area (Å²) >= 11 is 0. The van der Waals surface area contributed by atoms with Gasteiger partial charge in [-0.3, -0.25) is 4.79 Å². The number of amides is 1. The van der Waals surface area contributed by atoms with Crippen LogP contribution in [0.2, 0.25) is 0 Å². The lowest BCUT2D eigenvalue weighted by Crippen LogP contribution is -2.54. The topological polar surface area (TPSA) is 67.4 Å². The summed E-state index contributed by atoms with van der Waals surface area (Å²) in [6.45, 7) is 0.804. The average Bonchev–Trinajstić information content (AvgIpc) is 2.64. The Kier molecular flexibility index (Phi) is 9.59. The van der Waals surface area contributed by atoms with Crippen LogP contribution in [0.3, 0.4) is 0 Å². The molecule has 0 radical (unpaired) electrons. The third kappa shape index (κ3) is 5.67. The van der Waals surface area contributed by atoms with Crippen LogP contribution in [0.1, 0.15) is 51.4 Å². The van der Waals surface area contributed by atoms with E-state index in [-0.39, 0.29) is 24.3 Å². The van der Waals surface area contributed by atoms with Gasteiger partial charge < -0.3 is 15.4 Å². The first-order valence-corrected chi connectivity index (χ1v) is 7.18. The van der Waals surface area contributed by atoms with Crippen molar-refractivity contribution >= 4 is 24.3 Å². The quantitative estimate of drug-likeness (QED) is 0.446. The second-order valence-corrected chi connectivity index (χ2v) is 5.24. The van der Waals surface area contributed by atoms with E-state index in [1.807, 2.05) is 7.05 Å². The Labute approximate surface area is 127 Å². The number of halogens is 1. The maximum absolute atomic E-state index is 12.1. The number of ether oxygens (including phenoxy) is 1. The van der Waals surface area contributed by atoms with E-state index in [1.54, 1.807) is 0 Å². The van der Waals surface area contributed by atoms with Gasteiger partial charge in [0.15, 0.2) is 0 Å². The third-order valence-corrected chi connectivity index (χ3v) is 3.74. The van der Waals surface area contributed by atoms with E-state index >= 15 is 0 Å². The van der Waals surface area contributed by atoms with Gasteiger partial charge in [0.25, 0.3) is 0 Å². The molecule has 0 spiro atoms. The lowest BCUT2D eigenvalue weighted by Gasteiger charge is -2.30. The van der Waals surface area contributed by atoms with Crippen molar-refractivity contribution in [3.05, 3.63) is 0 Å². The number of methoxy groups -OCH3 is 1. The van der Waals surface area contributed by atoms with E-state index in [2.05, 4.69) is 10.6 Å². The van der Waals surface area contributed by atoms with Crippen molar-refractivity contribution in [3.8, 4) is 0 Å². The molecule has 20 heavy (non-hydrogen) atoms. The molecule has 0 bridgehead atoms. The molecule has 1 aliphatic carbocycles. The van der Waals surface area contributed by atoms with E-state index in [0.717, 1.165) is 38.6 Å². The molecule has 0 aromatic heterocycles. The molecule has 1 fully saturated rings. The van der Waals surface area contributed by atoms with Gasteiger partial charge >= 0.3 is 5.97 Å². The molecular weight excluding hydrogens is 280 g/mol. The van der Waals surface area contributed by atoms with Gasteiger partial charge in [-0.2, -0.15) is 0 Å². The summed E-state index contributed by atoms with van der Waals surface area (Å²) < 4.78 is 4.91. The Balaban J connectivity index is 0.00000361.